The highest BCUT2D eigenvalue weighted by molar-refractivity contribution is 7.99. The lowest BCUT2D eigenvalue weighted by atomic mass is 10.0. The van der Waals surface area contributed by atoms with Crippen LogP contribution in [0.3, 0.4) is 0 Å². The highest BCUT2D eigenvalue weighted by atomic mass is 35.5. The van der Waals surface area contributed by atoms with E-state index in [1.807, 2.05) is 12.1 Å². The summed E-state index contributed by atoms with van der Waals surface area (Å²) in [7, 11) is 0. The van der Waals surface area contributed by atoms with Gasteiger partial charge in [0, 0.05) is 11.1 Å². The van der Waals surface area contributed by atoms with Crippen molar-refractivity contribution in [1.82, 2.24) is 4.98 Å². The molecule has 2 aromatic rings. The maximum atomic E-state index is 11.0. The van der Waals surface area contributed by atoms with Crippen molar-refractivity contribution in [3.05, 3.63) is 52.7 Å². The molecule has 1 N–H and O–H groups in total. The third-order valence-electron chi connectivity index (χ3n) is 2.85. The molecule has 104 valence electrons. The summed E-state index contributed by atoms with van der Waals surface area (Å²) in [6.45, 7) is 4.27. The number of pyridine rings is 1. The highest BCUT2D eigenvalue weighted by Gasteiger charge is 2.14. The Kier molecular flexibility index (Phi) is 4.68. The molecule has 0 bridgehead atoms. The van der Waals surface area contributed by atoms with Crippen LogP contribution in [0.1, 0.15) is 35.7 Å². The number of hydrogen-bond acceptors (Lipinski definition) is 3. The van der Waals surface area contributed by atoms with Crippen LogP contribution in [-0.4, -0.2) is 16.1 Å². The molecule has 1 aromatic carbocycles. The summed E-state index contributed by atoms with van der Waals surface area (Å²) in [6.07, 6.45) is 1.46. The summed E-state index contributed by atoms with van der Waals surface area (Å²) < 4.78 is 0. The zero-order chi connectivity index (χ0) is 14.7. The van der Waals surface area contributed by atoms with Crippen molar-refractivity contribution < 1.29 is 9.90 Å². The molecule has 0 radical (unpaired) electrons. The van der Waals surface area contributed by atoms with E-state index in [1.54, 1.807) is 0 Å². The van der Waals surface area contributed by atoms with Crippen LogP contribution in [0.25, 0.3) is 0 Å². The first kappa shape index (κ1) is 14.9. The molecule has 0 aliphatic rings. The van der Waals surface area contributed by atoms with Gasteiger partial charge in [0.1, 0.15) is 5.03 Å². The molecule has 0 saturated heterocycles. The minimum absolute atomic E-state index is 0.0722. The van der Waals surface area contributed by atoms with Gasteiger partial charge in [-0.15, -0.1) is 0 Å². The fourth-order valence-corrected chi connectivity index (χ4v) is 2.81. The number of aromatic nitrogens is 1. The van der Waals surface area contributed by atoms with Crippen LogP contribution < -0.4 is 0 Å². The fourth-order valence-electron chi connectivity index (χ4n) is 1.69. The Morgan fingerprint density at radius 1 is 1.25 bits per heavy atom. The Labute approximate surface area is 127 Å². The van der Waals surface area contributed by atoms with E-state index in [-0.39, 0.29) is 10.6 Å². The summed E-state index contributed by atoms with van der Waals surface area (Å²) >= 11 is 7.43. The lowest BCUT2D eigenvalue weighted by molar-refractivity contribution is 0.0696. The number of carbonyl (C=O) groups is 1. The van der Waals surface area contributed by atoms with Gasteiger partial charge in [-0.3, -0.25) is 0 Å². The van der Waals surface area contributed by atoms with E-state index in [9.17, 15) is 4.79 Å². The minimum Gasteiger partial charge on any atom is -0.478 e. The van der Waals surface area contributed by atoms with Crippen molar-refractivity contribution in [2.24, 2.45) is 0 Å². The number of carboxylic acids is 1. The van der Waals surface area contributed by atoms with E-state index < -0.39 is 5.97 Å². The van der Waals surface area contributed by atoms with Crippen molar-refractivity contribution >= 4 is 29.3 Å². The van der Waals surface area contributed by atoms with Crippen LogP contribution in [-0.2, 0) is 0 Å². The van der Waals surface area contributed by atoms with Crippen LogP contribution in [0.4, 0.5) is 0 Å². The average Bonchev–Trinajstić information content (AvgIpc) is 2.41. The van der Waals surface area contributed by atoms with Gasteiger partial charge in [0.25, 0.3) is 0 Å². The predicted molar refractivity (Wildman–Crippen MR) is 80.9 cm³/mol. The Bertz CT molecular complexity index is 626. The third-order valence-corrected chi connectivity index (χ3v) is 4.35. The van der Waals surface area contributed by atoms with Crippen molar-refractivity contribution in [2.75, 3.05) is 0 Å². The fraction of sp³-hybridized carbons (Fsp3) is 0.200. The largest absolute Gasteiger partial charge is 0.478 e. The molecular formula is C15H14ClNO2S. The molecule has 0 spiro atoms. The van der Waals surface area contributed by atoms with E-state index in [4.69, 9.17) is 16.7 Å². The van der Waals surface area contributed by atoms with E-state index in [0.29, 0.717) is 10.9 Å². The normalized spacial score (nSPS) is 10.8. The van der Waals surface area contributed by atoms with Gasteiger partial charge in [-0.2, -0.15) is 0 Å². The lowest BCUT2D eigenvalue weighted by Gasteiger charge is -2.08. The zero-order valence-corrected chi connectivity index (χ0v) is 12.7. The predicted octanol–water partition coefficient (Wildman–Crippen LogP) is 4.71. The molecule has 0 aliphatic carbocycles. The average molecular weight is 308 g/mol. The molecule has 0 saturated carbocycles. The van der Waals surface area contributed by atoms with Gasteiger partial charge in [0.05, 0.1) is 10.6 Å². The van der Waals surface area contributed by atoms with Crippen molar-refractivity contribution in [2.45, 2.75) is 29.7 Å². The maximum Gasteiger partial charge on any atom is 0.337 e. The van der Waals surface area contributed by atoms with E-state index in [0.717, 1.165) is 4.90 Å². The standard InChI is InChI=1S/C15H14ClNO2S/c1-9(2)10-3-5-11(6-4-10)20-14-13(16)12(15(18)19)7-8-17-14/h3-9H,1-2H3,(H,18,19). The molecule has 0 amide bonds. The molecular weight excluding hydrogens is 294 g/mol. The molecule has 2 rings (SSSR count). The van der Waals surface area contributed by atoms with E-state index >= 15 is 0 Å². The summed E-state index contributed by atoms with van der Waals surface area (Å²) in [5, 5.41) is 9.71. The molecule has 20 heavy (non-hydrogen) atoms. The number of halogens is 1. The number of benzene rings is 1. The maximum absolute atomic E-state index is 11.0. The summed E-state index contributed by atoms with van der Waals surface area (Å²) in [6, 6.07) is 9.50. The number of nitrogens with zero attached hydrogens (tertiary/aromatic N) is 1. The number of aromatic carboxylic acids is 1. The first-order valence-electron chi connectivity index (χ1n) is 6.14. The number of carboxylic acid groups (broad SMARTS) is 1. The number of hydrogen-bond donors (Lipinski definition) is 1. The number of rotatable bonds is 4. The zero-order valence-electron chi connectivity index (χ0n) is 11.1. The first-order chi connectivity index (χ1) is 9.49. The summed E-state index contributed by atoms with van der Waals surface area (Å²) in [5.74, 6) is -0.569. The van der Waals surface area contributed by atoms with Crippen LogP contribution in [0, 0.1) is 0 Å². The van der Waals surface area contributed by atoms with Crippen molar-refractivity contribution in [3.63, 3.8) is 0 Å². The Morgan fingerprint density at radius 3 is 2.45 bits per heavy atom. The van der Waals surface area contributed by atoms with E-state index in [2.05, 4.69) is 31.0 Å². The molecule has 3 nitrogen and oxygen atoms in total. The van der Waals surface area contributed by atoms with Crippen LogP contribution in [0.2, 0.25) is 5.02 Å². The van der Waals surface area contributed by atoms with Gasteiger partial charge < -0.3 is 5.11 Å². The highest BCUT2D eigenvalue weighted by Crippen LogP contribution is 2.33. The van der Waals surface area contributed by atoms with Gasteiger partial charge >= 0.3 is 5.97 Å². The topological polar surface area (TPSA) is 50.2 Å². The van der Waals surface area contributed by atoms with Gasteiger partial charge in [-0.1, -0.05) is 49.3 Å². The Morgan fingerprint density at radius 2 is 1.90 bits per heavy atom. The van der Waals surface area contributed by atoms with Gasteiger partial charge in [0.15, 0.2) is 0 Å². The Balaban J connectivity index is 2.26. The molecule has 0 atom stereocenters. The quantitative estimate of drug-likeness (QED) is 0.889. The smallest absolute Gasteiger partial charge is 0.337 e. The minimum atomic E-state index is -1.05. The van der Waals surface area contributed by atoms with Crippen molar-refractivity contribution in [3.8, 4) is 0 Å². The molecule has 0 fully saturated rings. The Hall–Kier alpha value is -1.52. The van der Waals surface area contributed by atoms with Gasteiger partial charge in [0.2, 0.25) is 0 Å². The summed E-state index contributed by atoms with van der Waals surface area (Å²) in [4.78, 5) is 16.1. The second-order valence-corrected chi connectivity index (χ2v) is 6.05. The molecule has 1 aromatic heterocycles. The third kappa shape index (κ3) is 3.32. The van der Waals surface area contributed by atoms with Crippen molar-refractivity contribution in [1.29, 1.82) is 0 Å². The molecule has 0 aliphatic heterocycles. The van der Waals surface area contributed by atoms with Crippen LogP contribution >= 0.6 is 23.4 Å². The summed E-state index contributed by atoms with van der Waals surface area (Å²) in [5.41, 5.74) is 1.33. The van der Waals surface area contributed by atoms with Gasteiger partial charge in [-0.05, 0) is 29.7 Å². The molecule has 5 heteroatoms. The van der Waals surface area contributed by atoms with Gasteiger partial charge in [-0.25, -0.2) is 9.78 Å². The SMILES string of the molecule is CC(C)c1ccc(Sc2nccc(C(=O)O)c2Cl)cc1. The molecule has 1 heterocycles. The van der Waals surface area contributed by atoms with Crippen LogP contribution in [0.15, 0.2) is 46.5 Å². The monoisotopic (exact) mass is 307 g/mol. The van der Waals surface area contributed by atoms with Crippen LogP contribution in [0.5, 0.6) is 0 Å². The first-order valence-corrected chi connectivity index (χ1v) is 7.34. The molecule has 0 unspecified atom stereocenters. The lowest BCUT2D eigenvalue weighted by Crippen LogP contribution is -1.99. The second kappa shape index (κ2) is 6.29. The second-order valence-electron chi connectivity index (χ2n) is 4.61. The van der Waals surface area contributed by atoms with E-state index in [1.165, 1.54) is 29.6 Å².